The van der Waals surface area contributed by atoms with E-state index in [0.29, 0.717) is 22.9 Å². The first-order chi connectivity index (χ1) is 19.7. The summed E-state index contributed by atoms with van der Waals surface area (Å²) in [6, 6.07) is 6.11. The minimum Gasteiger partial charge on any atom is -0.377 e. The SMILES string of the molecule is C=C(NC(C)C(C)=N/C(C)=C/CCC(C)C)c1cc(C(F)F)cc(N(C(C)=O)C2CC2)c1.Cc1cc(C(N)=O)ncn1. The van der Waals surface area contributed by atoms with Gasteiger partial charge < -0.3 is 16.0 Å². The number of aromatic nitrogens is 2. The Bertz CT molecular complexity index is 1320. The number of alkyl halides is 2. The van der Waals surface area contributed by atoms with Crippen LogP contribution in [0.2, 0.25) is 0 Å². The minimum atomic E-state index is -2.63. The second-order valence-electron chi connectivity index (χ2n) is 11.1. The third-order valence-corrected chi connectivity index (χ3v) is 6.68. The molecule has 0 aliphatic heterocycles. The molecule has 1 aromatic heterocycles. The molecule has 1 unspecified atom stereocenters. The number of aryl methyl sites for hydroxylation is 1. The lowest BCUT2D eigenvalue weighted by molar-refractivity contribution is -0.116. The van der Waals surface area contributed by atoms with Gasteiger partial charge in [0.15, 0.2) is 0 Å². The van der Waals surface area contributed by atoms with E-state index in [-0.39, 0.29) is 29.2 Å². The summed E-state index contributed by atoms with van der Waals surface area (Å²) in [7, 11) is 0. The van der Waals surface area contributed by atoms with Gasteiger partial charge in [0.05, 0.1) is 6.04 Å². The van der Waals surface area contributed by atoms with Crippen LogP contribution in [-0.2, 0) is 4.79 Å². The molecule has 1 aromatic carbocycles. The molecule has 228 valence electrons. The molecule has 0 radical (unpaired) electrons. The quantitative estimate of drug-likeness (QED) is 0.268. The molecular formula is C32H44F2N6O2. The van der Waals surface area contributed by atoms with Crippen LogP contribution in [0.1, 0.15) is 101 Å². The van der Waals surface area contributed by atoms with E-state index in [1.165, 1.54) is 25.4 Å². The predicted molar refractivity (Wildman–Crippen MR) is 165 cm³/mol. The van der Waals surface area contributed by atoms with Crippen LogP contribution in [0.15, 0.2) is 53.9 Å². The number of allylic oxidation sites excluding steroid dienone is 2. The van der Waals surface area contributed by atoms with Gasteiger partial charge in [0, 0.05) is 47.0 Å². The number of nitrogens with one attached hydrogen (secondary N) is 1. The molecule has 10 heteroatoms. The number of amides is 2. The number of carbonyl (C=O) groups excluding carboxylic acids is 2. The van der Waals surface area contributed by atoms with Gasteiger partial charge in [-0.2, -0.15) is 0 Å². The summed E-state index contributed by atoms with van der Waals surface area (Å²) in [5.41, 5.74) is 9.26. The number of hydrogen-bond donors (Lipinski definition) is 2. The number of carbonyl (C=O) groups is 2. The Balaban J connectivity index is 0.000000518. The molecule has 1 heterocycles. The van der Waals surface area contributed by atoms with Crippen molar-refractivity contribution >= 4 is 28.9 Å². The number of nitrogens with zero attached hydrogens (tertiary/aromatic N) is 4. The van der Waals surface area contributed by atoms with Crippen LogP contribution in [-0.4, -0.2) is 39.6 Å². The first-order valence-corrected chi connectivity index (χ1v) is 14.2. The molecule has 0 saturated heterocycles. The van der Waals surface area contributed by atoms with Gasteiger partial charge in [-0.1, -0.05) is 26.5 Å². The number of primary amides is 1. The molecule has 0 spiro atoms. The monoisotopic (exact) mass is 582 g/mol. The van der Waals surface area contributed by atoms with Crippen molar-refractivity contribution < 1.29 is 18.4 Å². The van der Waals surface area contributed by atoms with Gasteiger partial charge in [-0.3, -0.25) is 14.6 Å². The third-order valence-electron chi connectivity index (χ3n) is 6.68. The Morgan fingerprint density at radius 2 is 1.81 bits per heavy atom. The summed E-state index contributed by atoms with van der Waals surface area (Å²) in [5.74, 6) is -0.00853. The van der Waals surface area contributed by atoms with E-state index in [9.17, 15) is 18.4 Å². The van der Waals surface area contributed by atoms with E-state index in [1.54, 1.807) is 24.0 Å². The Labute approximate surface area is 248 Å². The van der Waals surface area contributed by atoms with Crippen molar-refractivity contribution in [1.29, 1.82) is 0 Å². The Morgan fingerprint density at radius 1 is 1.14 bits per heavy atom. The van der Waals surface area contributed by atoms with Crippen molar-refractivity contribution in [3.63, 3.8) is 0 Å². The lowest BCUT2D eigenvalue weighted by Crippen LogP contribution is -2.32. The van der Waals surface area contributed by atoms with Gasteiger partial charge in [-0.05, 0) is 89.1 Å². The van der Waals surface area contributed by atoms with E-state index in [4.69, 9.17) is 5.73 Å². The zero-order chi connectivity index (χ0) is 31.6. The molecule has 3 N–H and O–H groups in total. The lowest BCUT2D eigenvalue weighted by atomic mass is 10.0. The van der Waals surface area contributed by atoms with Crippen molar-refractivity contribution in [3.8, 4) is 0 Å². The lowest BCUT2D eigenvalue weighted by Gasteiger charge is -2.24. The van der Waals surface area contributed by atoms with Crippen LogP contribution >= 0.6 is 0 Å². The van der Waals surface area contributed by atoms with Gasteiger partial charge >= 0.3 is 0 Å². The summed E-state index contributed by atoms with van der Waals surface area (Å²) < 4.78 is 27.2. The maximum atomic E-state index is 13.6. The number of rotatable bonds is 12. The van der Waals surface area contributed by atoms with Crippen LogP contribution in [0.25, 0.3) is 5.70 Å². The molecule has 2 aromatic rings. The van der Waals surface area contributed by atoms with Crippen molar-refractivity contribution in [3.05, 3.63) is 71.5 Å². The van der Waals surface area contributed by atoms with Crippen LogP contribution in [0.5, 0.6) is 0 Å². The third kappa shape index (κ3) is 11.1. The molecule has 2 amide bonds. The fourth-order valence-corrected chi connectivity index (χ4v) is 4.14. The van der Waals surface area contributed by atoms with Crippen LogP contribution in [0, 0.1) is 12.8 Å². The Hall–Kier alpha value is -3.95. The first-order valence-electron chi connectivity index (χ1n) is 14.2. The summed E-state index contributed by atoms with van der Waals surface area (Å²) in [4.78, 5) is 36.4. The first kappa shape index (κ1) is 34.3. The van der Waals surface area contributed by atoms with Crippen molar-refractivity contribution in [2.45, 2.75) is 92.7 Å². The molecule has 1 saturated carbocycles. The Morgan fingerprint density at radius 3 is 2.31 bits per heavy atom. The molecule has 1 aliphatic rings. The van der Waals surface area contributed by atoms with Crippen LogP contribution in [0.3, 0.4) is 0 Å². The zero-order valence-electron chi connectivity index (χ0n) is 25.7. The predicted octanol–water partition coefficient (Wildman–Crippen LogP) is 6.77. The summed E-state index contributed by atoms with van der Waals surface area (Å²) >= 11 is 0. The molecule has 1 atom stereocenters. The van der Waals surface area contributed by atoms with E-state index in [0.717, 1.165) is 42.8 Å². The molecule has 1 aliphatic carbocycles. The highest BCUT2D eigenvalue weighted by Crippen LogP contribution is 2.35. The van der Waals surface area contributed by atoms with Gasteiger partial charge in [0.1, 0.15) is 12.0 Å². The van der Waals surface area contributed by atoms with Crippen LogP contribution in [0.4, 0.5) is 14.5 Å². The number of halogens is 2. The van der Waals surface area contributed by atoms with E-state index >= 15 is 0 Å². The second kappa shape index (κ2) is 15.9. The maximum Gasteiger partial charge on any atom is 0.267 e. The average molecular weight is 583 g/mol. The van der Waals surface area contributed by atoms with Gasteiger partial charge in [-0.15, -0.1) is 0 Å². The molecule has 42 heavy (non-hydrogen) atoms. The highest BCUT2D eigenvalue weighted by Gasteiger charge is 2.32. The molecule has 0 bridgehead atoms. The normalized spacial score (nSPS) is 14.3. The molecular weight excluding hydrogens is 538 g/mol. The number of aliphatic imine (C=N–C) groups is 1. The zero-order valence-corrected chi connectivity index (χ0v) is 25.7. The fourth-order valence-electron chi connectivity index (χ4n) is 4.14. The van der Waals surface area contributed by atoms with Crippen molar-refractivity contribution in [1.82, 2.24) is 15.3 Å². The topological polar surface area (TPSA) is 114 Å². The highest BCUT2D eigenvalue weighted by molar-refractivity contribution is 5.94. The Kier molecular flexibility index (Phi) is 13.0. The maximum absolute atomic E-state index is 13.6. The largest absolute Gasteiger partial charge is 0.377 e. The highest BCUT2D eigenvalue weighted by atomic mass is 19.3. The standard InChI is InChI=1S/C26H37F2N3O.C6H7N3O/c1-16(2)9-8-10-17(3)29-18(4)19(5)30-20(6)22-13-23(26(27)28)15-25(14-22)31(21(7)32)24-11-12-24;1-4-2-5(6(7)10)9-3-8-4/h10,13-16,19,24,26,30H,6,8-9,11-12H2,1-5,7H3;2-3H,1H3,(H2,7,10)/b17-10+,29-18?;. The van der Waals surface area contributed by atoms with Crippen molar-refractivity contribution in [2.24, 2.45) is 16.6 Å². The summed E-state index contributed by atoms with van der Waals surface area (Å²) in [5, 5.41) is 3.28. The second-order valence-corrected chi connectivity index (χ2v) is 11.1. The minimum absolute atomic E-state index is 0.0910. The van der Waals surface area contributed by atoms with Crippen LogP contribution < -0.4 is 16.0 Å². The van der Waals surface area contributed by atoms with E-state index in [1.807, 2.05) is 20.8 Å². The number of hydrogen-bond acceptors (Lipinski definition) is 6. The summed E-state index contributed by atoms with van der Waals surface area (Å²) in [6.07, 6.45) is 4.72. The number of nitrogens with two attached hydrogens (primary N) is 1. The molecule has 8 nitrogen and oxygen atoms in total. The average Bonchev–Trinajstić information content (AvgIpc) is 3.73. The van der Waals surface area contributed by atoms with E-state index in [2.05, 4.69) is 46.8 Å². The van der Waals surface area contributed by atoms with Gasteiger partial charge in [-0.25, -0.2) is 18.7 Å². The number of anilines is 1. The van der Waals surface area contributed by atoms with Gasteiger partial charge in [0.2, 0.25) is 5.91 Å². The van der Waals surface area contributed by atoms with Crippen molar-refractivity contribution in [2.75, 3.05) is 4.90 Å². The number of benzene rings is 1. The van der Waals surface area contributed by atoms with Gasteiger partial charge in [0.25, 0.3) is 12.3 Å². The smallest absolute Gasteiger partial charge is 0.267 e. The van der Waals surface area contributed by atoms with E-state index < -0.39 is 12.3 Å². The fraction of sp³-hybridized carbons (Fsp3) is 0.469. The summed E-state index contributed by atoms with van der Waals surface area (Å²) in [6.45, 7) is 17.6. The molecule has 1 fully saturated rings. The molecule has 3 rings (SSSR count).